The van der Waals surface area contributed by atoms with E-state index >= 15 is 0 Å². The van der Waals surface area contributed by atoms with Gasteiger partial charge < -0.3 is 19.3 Å². The van der Waals surface area contributed by atoms with E-state index in [0.29, 0.717) is 0 Å². The van der Waals surface area contributed by atoms with Gasteiger partial charge >= 0.3 is 12.4 Å². The zero-order valence-electron chi connectivity index (χ0n) is 20.9. The quantitative estimate of drug-likeness (QED) is 0.175. The third kappa shape index (κ3) is 10.5. The van der Waals surface area contributed by atoms with E-state index in [1.54, 1.807) is 0 Å². The fourth-order valence-corrected chi connectivity index (χ4v) is 3.25. The van der Waals surface area contributed by atoms with Crippen LogP contribution in [-0.4, -0.2) is 34.5 Å². The lowest BCUT2D eigenvalue weighted by molar-refractivity contribution is -0.128. The number of phenols is 1. The van der Waals surface area contributed by atoms with Crippen LogP contribution in [0.5, 0.6) is 34.8 Å². The van der Waals surface area contributed by atoms with E-state index in [1.807, 2.05) is 0 Å². The molecule has 0 unspecified atom stereocenters. The van der Waals surface area contributed by atoms with Gasteiger partial charge in [0.05, 0.1) is 20.0 Å². The van der Waals surface area contributed by atoms with Crippen LogP contribution in [-0.2, 0) is 12.8 Å². The fraction of sp³-hybridized carbons (Fsp3) is 0.185. The third-order valence-electron chi connectivity index (χ3n) is 4.87. The van der Waals surface area contributed by atoms with Crippen LogP contribution in [0.15, 0.2) is 72.8 Å². The highest BCUT2D eigenvalue weighted by atomic mass is 19.4. The van der Waals surface area contributed by atoms with Gasteiger partial charge in [-0.15, -0.1) is 0 Å². The number of nitrogens with zero attached hydrogens (tertiary/aromatic N) is 2. The Kier molecular flexibility index (Phi) is 9.92. The molecule has 0 saturated carbocycles. The number of rotatable bonds is 7. The highest BCUT2D eigenvalue weighted by Gasteiger charge is 2.29. The standard InChI is InChI=1S/C14H11F4NO2.C13H9F4NO2/c1-20-11-7-9(8-14(16,17)18)5-6-10(11)21-13-4-2-3-12(15)19-13;14-11-2-1-3-12(18-11)20-10-5-4-8(6-9(10)19)7-13(15,16)17/h2-7H,8H2,1H3;1-6,19H,7H2. The Hall–Kier alpha value is -4.62. The van der Waals surface area contributed by atoms with Gasteiger partial charge in [-0.1, -0.05) is 24.3 Å². The van der Waals surface area contributed by atoms with Gasteiger partial charge in [-0.2, -0.15) is 45.1 Å². The zero-order chi connectivity index (χ0) is 30.2. The Balaban J connectivity index is 0.000000226. The number of methoxy groups -OCH3 is 1. The molecule has 0 atom stereocenters. The minimum Gasteiger partial charge on any atom is -0.504 e. The summed E-state index contributed by atoms with van der Waals surface area (Å²) in [6.07, 6.45) is -10.9. The maximum atomic E-state index is 13.0. The molecule has 1 N–H and O–H groups in total. The second-order valence-corrected chi connectivity index (χ2v) is 8.17. The van der Waals surface area contributed by atoms with Crippen LogP contribution in [0.3, 0.4) is 0 Å². The summed E-state index contributed by atoms with van der Waals surface area (Å²) >= 11 is 0. The maximum absolute atomic E-state index is 13.0. The van der Waals surface area contributed by atoms with Crippen molar-refractivity contribution < 1.29 is 54.4 Å². The van der Waals surface area contributed by atoms with Crippen LogP contribution in [0.4, 0.5) is 35.1 Å². The molecule has 6 nitrogen and oxygen atoms in total. The molecule has 4 rings (SSSR count). The molecule has 41 heavy (non-hydrogen) atoms. The van der Waals surface area contributed by atoms with Crippen molar-refractivity contribution in [2.75, 3.05) is 7.11 Å². The summed E-state index contributed by atoms with van der Waals surface area (Å²) < 4.78 is 115. The third-order valence-corrected chi connectivity index (χ3v) is 4.87. The largest absolute Gasteiger partial charge is 0.504 e. The second kappa shape index (κ2) is 13.2. The summed E-state index contributed by atoms with van der Waals surface area (Å²) in [5.74, 6) is -1.92. The van der Waals surface area contributed by atoms with Crippen molar-refractivity contribution in [1.82, 2.24) is 9.97 Å². The van der Waals surface area contributed by atoms with Crippen LogP contribution in [0.25, 0.3) is 0 Å². The Morgan fingerprint density at radius 2 is 1.10 bits per heavy atom. The number of halogens is 8. The van der Waals surface area contributed by atoms with Gasteiger partial charge in [0.2, 0.25) is 23.7 Å². The minimum absolute atomic E-state index is 0.0168. The number of aromatic nitrogens is 2. The highest BCUT2D eigenvalue weighted by Crippen LogP contribution is 2.34. The first-order valence-corrected chi connectivity index (χ1v) is 11.4. The van der Waals surface area contributed by atoms with Gasteiger partial charge in [0.25, 0.3) is 0 Å². The number of pyridine rings is 2. The molecular weight excluding hydrogens is 568 g/mol. The Labute approximate surface area is 227 Å². The molecule has 218 valence electrons. The number of ether oxygens (including phenoxy) is 3. The van der Waals surface area contributed by atoms with Crippen LogP contribution in [0.1, 0.15) is 11.1 Å². The summed E-state index contributed by atoms with van der Waals surface area (Å²) in [6.45, 7) is 0. The lowest BCUT2D eigenvalue weighted by atomic mass is 10.1. The van der Waals surface area contributed by atoms with Gasteiger partial charge in [-0.25, -0.2) is 0 Å². The van der Waals surface area contributed by atoms with Gasteiger partial charge in [0.1, 0.15) is 0 Å². The first-order chi connectivity index (χ1) is 19.2. The molecule has 0 amide bonds. The van der Waals surface area contributed by atoms with Crippen molar-refractivity contribution in [3.63, 3.8) is 0 Å². The van der Waals surface area contributed by atoms with Gasteiger partial charge in [-0.3, -0.25) is 0 Å². The monoisotopic (exact) mass is 588 g/mol. The van der Waals surface area contributed by atoms with Crippen molar-refractivity contribution >= 4 is 0 Å². The molecule has 0 aliphatic rings. The van der Waals surface area contributed by atoms with E-state index in [1.165, 1.54) is 61.7 Å². The van der Waals surface area contributed by atoms with Crippen molar-refractivity contribution in [2.45, 2.75) is 25.2 Å². The number of aromatic hydroxyl groups is 1. The van der Waals surface area contributed by atoms with Gasteiger partial charge in [0.15, 0.2) is 23.0 Å². The zero-order valence-corrected chi connectivity index (χ0v) is 20.9. The number of benzene rings is 2. The smallest absolute Gasteiger partial charge is 0.393 e. The van der Waals surface area contributed by atoms with Crippen LogP contribution >= 0.6 is 0 Å². The Morgan fingerprint density at radius 1 is 0.634 bits per heavy atom. The van der Waals surface area contributed by atoms with E-state index < -0.39 is 42.8 Å². The van der Waals surface area contributed by atoms with E-state index in [0.717, 1.165) is 18.2 Å². The van der Waals surface area contributed by atoms with Gasteiger partial charge in [-0.05, 0) is 47.5 Å². The SMILES string of the molecule is COc1cc(CC(F)(F)F)ccc1Oc1cccc(F)n1.Oc1cc(CC(F)(F)F)ccc1Oc1cccc(F)n1. The van der Waals surface area contributed by atoms with E-state index in [-0.39, 0.29) is 40.1 Å². The maximum Gasteiger partial charge on any atom is 0.393 e. The first-order valence-electron chi connectivity index (χ1n) is 11.4. The molecule has 14 heteroatoms. The van der Waals surface area contributed by atoms with Gasteiger partial charge in [0, 0.05) is 12.1 Å². The molecule has 0 saturated heterocycles. The Morgan fingerprint density at radius 3 is 1.54 bits per heavy atom. The normalized spacial score (nSPS) is 11.3. The fourth-order valence-electron chi connectivity index (χ4n) is 3.25. The van der Waals surface area contributed by atoms with Crippen LogP contribution < -0.4 is 14.2 Å². The summed E-state index contributed by atoms with van der Waals surface area (Å²) in [5.41, 5.74) is -0.0616. The van der Waals surface area contributed by atoms with E-state index in [4.69, 9.17) is 14.2 Å². The Bertz CT molecular complexity index is 1460. The van der Waals surface area contributed by atoms with Crippen LogP contribution in [0.2, 0.25) is 0 Å². The number of phenolic OH excluding ortho intramolecular Hbond substituents is 1. The lowest BCUT2D eigenvalue weighted by Gasteiger charge is -2.12. The number of hydrogen-bond donors (Lipinski definition) is 1. The van der Waals surface area contributed by atoms with Crippen molar-refractivity contribution in [3.05, 3.63) is 95.8 Å². The minimum atomic E-state index is -4.36. The van der Waals surface area contributed by atoms with Crippen molar-refractivity contribution in [2.24, 2.45) is 0 Å². The summed E-state index contributed by atoms with van der Waals surface area (Å²) in [5, 5.41) is 9.60. The summed E-state index contributed by atoms with van der Waals surface area (Å²) in [4.78, 5) is 6.91. The molecule has 0 bridgehead atoms. The molecule has 2 aromatic carbocycles. The lowest BCUT2D eigenvalue weighted by Crippen LogP contribution is -2.11. The molecule has 4 aromatic rings. The van der Waals surface area contributed by atoms with E-state index in [9.17, 15) is 40.2 Å². The molecule has 0 radical (unpaired) electrons. The first kappa shape index (κ1) is 30.9. The topological polar surface area (TPSA) is 73.7 Å². The molecule has 2 heterocycles. The van der Waals surface area contributed by atoms with E-state index in [2.05, 4.69) is 9.97 Å². The molecule has 0 aliphatic carbocycles. The van der Waals surface area contributed by atoms with Crippen LogP contribution in [0, 0.1) is 11.9 Å². The predicted octanol–water partition coefficient (Wildman–Crippen LogP) is 7.95. The molecular formula is C27H20F8N2O4. The number of hydrogen-bond acceptors (Lipinski definition) is 6. The second-order valence-electron chi connectivity index (χ2n) is 8.17. The average Bonchev–Trinajstić information content (AvgIpc) is 2.85. The predicted molar refractivity (Wildman–Crippen MR) is 129 cm³/mol. The number of alkyl halides is 6. The molecule has 0 fully saturated rings. The molecule has 0 spiro atoms. The summed E-state index contributed by atoms with van der Waals surface area (Å²) in [6, 6.07) is 14.9. The van der Waals surface area contributed by atoms with Crippen molar-refractivity contribution in [1.29, 1.82) is 0 Å². The highest BCUT2D eigenvalue weighted by molar-refractivity contribution is 5.45. The average molecular weight is 588 g/mol. The molecule has 0 aliphatic heterocycles. The summed E-state index contributed by atoms with van der Waals surface area (Å²) in [7, 11) is 1.30. The van der Waals surface area contributed by atoms with Crippen molar-refractivity contribution in [3.8, 4) is 34.8 Å². The molecule has 2 aromatic heterocycles.